The molecule has 0 aromatic heterocycles. The Morgan fingerprint density at radius 3 is 2.67 bits per heavy atom. The third-order valence-corrected chi connectivity index (χ3v) is 5.80. The van der Waals surface area contributed by atoms with E-state index in [-0.39, 0.29) is 17.1 Å². The summed E-state index contributed by atoms with van der Waals surface area (Å²) in [4.78, 5) is 10.1. The highest BCUT2D eigenvalue weighted by Gasteiger charge is 2.29. The molecule has 3 rings (SSSR count). The Morgan fingerprint density at radius 2 is 1.92 bits per heavy atom. The number of non-ortho nitro benzene ring substituents is 1. The molecule has 0 amide bonds. The van der Waals surface area contributed by atoms with E-state index in [1.807, 2.05) is 0 Å². The van der Waals surface area contributed by atoms with Gasteiger partial charge in [-0.25, -0.2) is 12.8 Å². The molecule has 0 saturated carbocycles. The summed E-state index contributed by atoms with van der Waals surface area (Å²) < 4.78 is 40.7. The molecule has 1 aliphatic rings. The average molecular weight is 350 g/mol. The molecule has 24 heavy (non-hydrogen) atoms. The van der Waals surface area contributed by atoms with Crippen molar-refractivity contribution in [1.29, 1.82) is 0 Å². The van der Waals surface area contributed by atoms with Crippen molar-refractivity contribution in [2.75, 3.05) is 10.8 Å². The van der Waals surface area contributed by atoms with E-state index in [4.69, 9.17) is 0 Å². The van der Waals surface area contributed by atoms with Gasteiger partial charge in [0.1, 0.15) is 5.82 Å². The third kappa shape index (κ3) is 2.96. The zero-order valence-corrected chi connectivity index (χ0v) is 13.5. The van der Waals surface area contributed by atoms with Crippen LogP contribution < -0.4 is 4.31 Å². The van der Waals surface area contributed by atoms with E-state index < -0.39 is 20.8 Å². The lowest BCUT2D eigenvalue weighted by molar-refractivity contribution is -0.385. The maximum absolute atomic E-state index is 13.7. The van der Waals surface area contributed by atoms with Gasteiger partial charge < -0.3 is 0 Å². The van der Waals surface area contributed by atoms with Gasteiger partial charge >= 0.3 is 0 Å². The first-order valence-electron chi connectivity index (χ1n) is 7.45. The quantitative estimate of drug-likeness (QED) is 0.628. The predicted octanol–water partition coefficient (Wildman–Crippen LogP) is 3.27. The van der Waals surface area contributed by atoms with Crippen LogP contribution in [0.2, 0.25) is 0 Å². The van der Waals surface area contributed by atoms with E-state index >= 15 is 0 Å². The topological polar surface area (TPSA) is 80.5 Å². The number of nitrogens with zero attached hydrogens (tertiary/aromatic N) is 2. The molecule has 2 aromatic rings. The first kappa shape index (κ1) is 16.4. The Balaban J connectivity index is 2.12. The molecule has 0 bridgehead atoms. The zero-order valence-electron chi connectivity index (χ0n) is 12.7. The monoisotopic (exact) mass is 350 g/mol. The molecule has 0 radical (unpaired) electrons. The Hall–Kier alpha value is -2.48. The molecule has 0 unspecified atom stereocenters. The number of nitro groups is 1. The van der Waals surface area contributed by atoms with E-state index in [0.717, 1.165) is 22.4 Å². The predicted molar refractivity (Wildman–Crippen MR) is 87.0 cm³/mol. The highest BCUT2D eigenvalue weighted by atomic mass is 32.2. The van der Waals surface area contributed by atoms with Crippen molar-refractivity contribution in [3.63, 3.8) is 0 Å². The van der Waals surface area contributed by atoms with E-state index in [1.54, 1.807) is 6.07 Å². The largest absolute Gasteiger partial charge is 0.270 e. The lowest BCUT2D eigenvalue weighted by Gasteiger charge is -2.24. The van der Waals surface area contributed by atoms with Crippen LogP contribution in [0.1, 0.15) is 18.4 Å². The summed E-state index contributed by atoms with van der Waals surface area (Å²) >= 11 is 0. The van der Waals surface area contributed by atoms with Gasteiger partial charge in [0.15, 0.2) is 0 Å². The number of fused-ring (bicyclic) bond motifs is 1. The summed E-state index contributed by atoms with van der Waals surface area (Å²) in [6, 6.07) is 9.00. The summed E-state index contributed by atoms with van der Waals surface area (Å²) in [6.45, 7) is 0.210. The molecule has 0 N–H and O–H groups in total. The lowest BCUT2D eigenvalue weighted by atomic mass is 10.1. The molecule has 1 heterocycles. The number of rotatable bonds is 3. The van der Waals surface area contributed by atoms with Gasteiger partial charge in [-0.3, -0.25) is 14.4 Å². The SMILES string of the molecule is O=[N+]([O-])c1cccc(S(=O)(=O)N2CCCCc3ccc(F)cc32)c1. The van der Waals surface area contributed by atoms with Crippen LogP contribution in [0.25, 0.3) is 0 Å². The minimum Gasteiger partial charge on any atom is -0.266 e. The third-order valence-electron chi connectivity index (χ3n) is 3.99. The normalized spacial score (nSPS) is 14.8. The molecule has 1 aliphatic heterocycles. The number of sulfonamides is 1. The maximum atomic E-state index is 13.7. The lowest BCUT2D eigenvalue weighted by Crippen LogP contribution is -2.32. The Kier molecular flexibility index (Phi) is 4.23. The van der Waals surface area contributed by atoms with Crippen LogP contribution in [0.4, 0.5) is 15.8 Å². The fourth-order valence-electron chi connectivity index (χ4n) is 2.81. The maximum Gasteiger partial charge on any atom is 0.270 e. The Morgan fingerprint density at radius 1 is 1.12 bits per heavy atom. The van der Waals surface area contributed by atoms with Crippen molar-refractivity contribution in [1.82, 2.24) is 0 Å². The summed E-state index contributed by atoms with van der Waals surface area (Å²) in [7, 11) is -4.01. The van der Waals surface area contributed by atoms with Crippen molar-refractivity contribution in [2.45, 2.75) is 24.2 Å². The number of hydrogen-bond acceptors (Lipinski definition) is 4. The minimum atomic E-state index is -4.01. The van der Waals surface area contributed by atoms with Crippen molar-refractivity contribution in [3.8, 4) is 0 Å². The standard InChI is InChI=1S/C16H15FN2O4S/c17-13-8-7-12-4-1-2-9-18(16(12)10-13)24(22,23)15-6-3-5-14(11-15)19(20)21/h3,5-8,10-11H,1-2,4,9H2. The van der Waals surface area contributed by atoms with Gasteiger partial charge in [0.25, 0.3) is 15.7 Å². The summed E-state index contributed by atoms with van der Waals surface area (Å²) in [5, 5.41) is 10.9. The van der Waals surface area contributed by atoms with Gasteiger partial charge in [-0.2, -0.15) is 0 Å². The second-order valence-corrected chi connectivity index (χ2v) is 7.42. The van der Waals surface area contributed by atoms with Crippen LogP contribution in [-0.2, 0) is 16.4 Å². The van der Waals surface area contributed by atoms with Crippen LogP contribution >= 0.6 is 0 Å². The number of aryl methyl sites for hydroxylation is 1. The first-order valence-corrected chi connectivity index (χ1v) is 8.89. The zero-order chi connectivity index (χ0) is 17.3. The molecule has 0 spiro atoms. The Bertz CT molecular complexity index is 899. The van der Waals surface area contributed by atoms with E-state index in [2.05, 4.69) is 0 Å². The molecule has 2 aromatic carbocycles. The molecule has 0 fully saturated rings. The molecule has 0 atom stereocenters. The molecule has 126 valence electrons. The molecular formula is C16H15FN2O4S. The van der Waals surface area contributed by atoms with Gasteiger partial charge in [-0.1, -0.05) is 12.1 Å². The van der Waals surface area contributed by atoms with E-state index in [0.29, 0.717) is 18.5 Å². The number of nitro benzene ring substituents is 1. The molecular weight excluding hydrogens is 335 g/mol. The van der Waals surface area contributed by atoms with E-state index in [1.165, 1.54) is 30.3 Å². The number of anilines is 1. The van der Waals surface area contributed by atoms with Crippen LogP contribution in [0, 0.1) is 15.9 Å². The smallest absolute Gasteiger partial charge is 0.266 e. The summed E-state index contributed by atoms with van der Waals surface area (Å²) in [5.74, 6) is -0.519. The van der Waals surface area contributed by atoms with Gasteiger partial charge in [-0.15, -0.1) is 0 Å². The van der Waals surface area contributed by atoms with Crippen LogP contribution in [0.15, 0.2) is 47.4 Å². The molecule has 0 saturated heterocycles. The summed E-state index contributed by atoms with van der Waals surface area (Å²) in [5.41, 5.74) is 0.757. The minimum absolute atomic E-state index is 0.172. The van der Waals surface area contributed by atoms with Crippen molar-refractivity contribution >= 4 is 21.4 Å². The Labute approximate surface area is 138 Å². The van der Waals surface area contributed by atoms with Gasteiger partial charge in [0, 0.05) is 18.7 Å². The highest BCUT2D eigenvalue weighted by Crippen LogP contribution is 2.32. The number of halogens is 1. The van der Waals surface area contributed by atoms with E-state index in [9.17, 15) is 22.9 Å². The van der Waals surface area contributed by atoms with Crippen LogP contribution in [-0.4, -0.2) is 19.9 Å². The summed E-state index contributed by atoms with van der Waals surface area (Å²) in [6.07, 6.45) is 2.08. The fourth-order valence-corrected chi connectivity index (χ4v) is 4.38. The highest BCUT2D eigenvalue weighted by molar-refractivity contribution is 7.92. The van der Waals surface area contributed by atoms with Crippen molar-refractivity contribution in [3.05, 3.63) is 64.0 Å². The number of hydrogen-bond donors (Lipinski definition) is 0. The van der Waals surface area contributed by atoms with Crippen LogP contribution in [0.3, 0.4) is 0 Å². The van der Waals surface area contributed by atoms with Gasteiger partial charge in [0.05, 0.1) is 15.5 Å². The van der Waals surface area contributed by atoms with Crippen molar-refractivity contribution in [2.24, 2.45) is 0 Å². The van der Waals surface area contributed by atoms with Crippen LogP contribution in [0.5, 0.6) is 0 Å². The first-order chi connectivity index (χ1) is 11.4. The second-order valence-electron chi connectivity index (χ2n) is 5.56. The fraction of sp³-hybridized carbons (Fsp3) is 0.250. The van der Waals surface area contributed by atoms with Gasteiger partial charge in [-0.05, 0) is 43.0 Å². The van der Waals surface area contributed by atoms with Crippen molar-refractivity contribution < 1.29 is 17.7 Å². The molecule has 0 aliphatic carbocycles. The average Bonchev–Trinajstić information content (AvgIpc) is 2.77. The molecule has 8 heteroatoms. The second kappa shape index (κ2) is 6.20. The number of benzene rings is 2. The molecule has 6 nitrogen and oxygen atoms in total. The van der Waals surface area contributed by atoms with Gasteiger partial charge in [0.2, 0.25) is 0 Å².